The molecular formula is C16H14ClN5O2S. The van der Waals surface area contributed by atoms with Gasteiger partial charge in [-0.3, -0.25) is 14.6 Å². The molecule has 0 fully saturated rings. The van der Waals surface area contributed by atoms with Crippen molar-refractivity contribution in [3.8, 4) is 11.5 Å². The number of amides is 1. The molecule has 0 aliphatic rings. The molecule has 0 aliphatic carbocycles. The number of halogens is 1. The van der Waals surface area contributed by atoms with Gasteiger partial charge in [-0.2, -0.15) is 0 Å². The van der Waals surface area contributed by atoms with E-state index in [-0.39, 0.29) is 5.56 Å². The fourth-order valence-corrected chi connectivity index (χ4v) is 3.20. The minimum absolute atomic E-state index is 0.0481. The third kappa shape index (κ3) is 4.09. The van der Waals surface area contributed by atoms with Crippen LogP contribution in [0.4, 0.5) is 0 Å². The molecule has 0 unspecified atom stereocenters. The van der Waals surface area contributed by atoms with Gasteiger partial charge in [0, 0.05) is 25.4 Å². The standard InChI is InChI=1S/C16H14ClN5O2S/c1-9-13(17)25-12(21-9)5-7-19-15(23)10-8-20-14(22-16(10)24)11-4-2-3-6-18-11/h2-4,6,8H,5,7H2,1H3,(H,19,23)(H,20,22,24). The monoisotopic (exact) mass is 375 g/mol. The number of hydrogen-bond donors (Lipinski definition) is 2. The van der Waals surface area contributed by atoms with Crippen molar-refractivity contribution in [1.82, 2.24) is 25.3 Å². The van der Waals surface area contributed by atoms with Crippen LogP contribution in [0.25, 0.3) is 11.5 Å². The van der Waals surface area contributed by atoms with Crippen LogP contribution in [0.15, 0.2) is 35.4 Å². The highest BCUT2D eigenvalue weighted by Gasteiger charge is 2.13. The molecule has 0 atom stereocenters. The highest BCUT2D eigenvalue weighted by atomic mass is 35.5. The molecule has 3 aromatic rings. The van der Waals surface area contributed by atoms with Crippen LogP contribution in [0, 0.1) is 6.92 Å². The summed E-state index contributed by atoms with van der Waals surface area (Å²) < 4.78 is 0.645. The van der Waals surface area contributed by atoms with E-state index in [2.05, 4.69) is 25.3 Å². The zero-order valence-corrected chi connectivity index (χ0v) is 14.8. The van der Waals surface area contributed by atoms with Crippen LogP contribution in [0.5, 0.6) is 0 Å². The van der Waals surface area contributed by atoms with Gasteiger partial charge in [0.15, 0.2) is 5.82 Å². The van der Waals surface area contributed by atoms with Gasteiger partial charge in [-0.05, 0) is 19.1 Å². The third-order valence-electron chi connectivity index (χ3n) is 3.36. The molecular weight excluding hydrogens is 362 g/mol. The van der Waals surface area contributed by atoms with E-state index >= 15 is 0 Å². The van der Waals surface area contributed by atoms with Gasteiger partial charge in [0.2, 0.25) is 0 Å². The van der Waals surface area contributed by atoms with Crippen LogP contribution in [0.3, 0.4) is 0 Å². The lowest BCUT2D eigenvalue weighted by molar-refractivity contribution is 0.0952. The molecule has 0 spiro atoms. The van der Waals surface area contributed by atoms with Crippen LogP contribution < -0.4 is 10.9 Å². The summed E-state index contributed by atoms with van der Waals surface area (Å²) in [6.07, 6.45) is 3.40. The van der Waals surface area contributed by atoms with Crippen molar-refractivity contribution >= 4 is 28.8 Å². The molecule has 25 heavy (non-hydrogen) atoms. The Labute approximate surface area is 152 Å². The summed E-state index contributed by atoms with van der Waals surface area (Å²) in [4.78, 5) is 39.3. The Balaban J connectivity index is 1.65. The molecule has 0 bridgehead atoms. The number of hydrogen-bond acceptors (Lipinski definition) is 6. The second kappa shape index (κ2) is 7.54. The normalized spacial score (nSPS) is 10.6. The van der Waals surface area contributed by atoms with E-state index in [0.29, 0.717) is 28.8 Å². The summed E-state index contributed by atoms with van der Waals surface area (Å²) in [5.74, 6) is -0.171. The molecule has 0 aliphatic heterocycles. The second-order valence-electron chi connectivity index (χ2n) is 5.16. The van der Waals surface area contributed by atoms with E-state index in [1.165, 1.54) is 17.5 Å². The Morgan fingerprint density at radius 3 is 2.84 bits per heavy atom. The SMILES string of the molecule is Cc1nc(CCNC(=O)c2cnc(-c3ccccn3)[nH]c2=O)sc1Cl. The molecule has 3 heterocycles. The highest BCUT2D eigenvalue weighted by molar-refractivity contribution is 7.16. The van der Waals surface area contributed by atoms with Gasteiger partial charge in [0.25, 0.3) is 11.5 Å². The first-order valence-electron chi connectivity index (χ1n) is 7.45. The fraction of sp³-hybridized carbons (Fsp3) is 0.188. The number of rotatable bonds is 5. The summed E-state index contributed by atoms with van der Waals surface area (Å²) in [5.41, 5.74) is 0.746. The molecule has 0 saturated heterocycles. The van der Waals surface area contributed by atoms with Gasteiger partial charge in [-0.15, -0.1) is 11.3 Å². The molecule has 1 amide bonds. The lowest BCUT2D eigenvalue weighted by atomic mass is 10.3. The Bertz CT molecular complexity index is 935. The zero-order valence-electron chi connectivity index (χ0n) is 13.2. The van der Waals surface area contributed by atoms with E-state index in [9.17, 15) is 9.59 Å². The average Bonchev–Trinajstić information content (AvgIpc) is 2.93. The smallest absolute Gasteiger partial charge is 0.264 e. The van der Waals surface area contributed by atoms with Gasteiger partial charge < -0.3 is 10.3 Å². The molecule has 3 aromatic heterocycles. The quantitative estimate of drug-likeness (QED) is 0.712. The first-order chi connectivity index (χ1) is 12.0. The third-order valence-corrected chi connectivity index (χ3v) is 4.87. The Kier molecular flexibility index (Phi) is 5.20. The number of aromatic amines is 1. The summed E-state index contributed by atoms with van der Waals surface area (Å²) in [6.45, 7) is 2.18. The number of aromatic nitrogens is 4. The fourth-order valence-electron chi connectivity index (χ4n) is 2.11. The molecule has 128 valence electrons. The molecule has 9 heteroatoms. The maximum absolute atomic E-state index is 12.1. The number of aryl methyl sites for hydroxylation is 1. The van der Waals surface area contributed by atoms with Crippen molar-refractivity contribution in [1.29, 1.82) is 0 Å². The van der Waals surface area contributed by atoms with Crippen molar-refractivity contribution in [2.45, 2.75) is 13.3 Å². The van der Waals surface area contributed by atoms with Crippen LogP contribution in [0.1, 0.15) is 21.1 Å². The predicted molar refractivity (Wildman–Crippen MR) is 96.0 cm³/mol. The first-order valence-corrected chi connectivity index (χ1v) is 8.65. The molecule has 2 N–H and O–H groups in total. The Morgan fingerprint density at radius 1 is 1.36 bits per heavy atom. The van der Waals surface area contributed by atoms with Gasteiger partial charge in [-0.25, -0.2) is 9.97 Å². The van der Waals surface area contributed by atoms with Crippen molar-refractivity contribution in [3.63, 3.8) is 0 Å². The number of nitrogens with one attached hydrogen (secondary N) is 2. The second-order valence-corrected chi connectivity index (χ2v) is 6.85. The Hall–Kier alpha value is -2.58. The number of nitrogens with zero attached hydrogens (tertiary/aromatic N) is 3. The van der Waals surface area contributed by atoms with Gasteiger partial charge in [-0.1, -0.05) is 17.7 Å². The number of H-pyrrole nitrogens is 1. The van der Waals surface area contributed by atoms with Crippen LogP contribution in [-0.2, 0) is 6.42 Å². The van der Waals surface area contributed by atoms with E-state index in [1.54, 1.807) is 24.4 Å². The minimum Gasteiger partial charge on any atom is -0.351 e. The van der Waals surface area contributed by atoms with Gasteiger partial charge in [0.05, 0.1) is 10.7 Å². The number of carbonyl (C=O) groups is 1. The lowest BCUT2D eigenvalue weighted by Gasteiger charge is -2.04. The minimum atomic E-state index is -0.513. The van der Waals surface area contributed by atoms with Crippen molar-refractivity contribution in [2.75, 3.05) is 6.54 Å². The van der Waals surface area contributed by atoms with Crippen molar-refractivity contribution < 1.29 is 4.79 Å². The van der Waals surface area contributed by atoms with E-state index < -0.39 is 11.5 Å². The molecule has 3 rings (SSSR count). The van der Waals surface area contributed by atoms with Crippen LogP contribution >= 0.6 is 22.9 Å². The summed E-state index contributed by atoms with van der Waals surface area (Å²) >= 11 is 7.34. The van der Waals surface area contributed by atoms with Crippen molar-refractivity contribution in [3.05, 3.63) is 61.5 Å². The average molecular weight is 376 g/mol. The maximum atomic E-state index is 12.1. The molecule has 7 nitrogen and oxygen atoms in total. The molecule has 0 saturated carbocycles. The lowest BCUT2D eigenvalue weighted by Crippen LogP contribution is -2.31. The Morgan fingerprint density at radius 2 is 2.20 bits per heavy atom. The van der Waals surface area contributed by atoms with Gasteiger partial charge in [0.1, 0.15) is 15.6 Å². The number of thiazole rings is 1. The maximum Gasteiger partial charge on any atom is 0.264 e. The zero-order chi connectivity index (χ0) is 17.8. The highest BCUT2D eigenvalue weighted by Crippen LogP contribution is 2.23. The first kappa shape index (κ1) is 17.2. The van der Waals surface area contributed by atoms with Gasteiger partial charge >= 0.3 is 0 Å². The predicted octanol–water partition coefficient (Wildman–Crippen LogP) is 2.22. The summed E-state index contributed by atoms with van der Waals surface area (Å²) in [7, 11) is 0. The van der Waals surface area contributed by atoms with Crippen LogP contribution in [-0.4, -0.2) is 32.4 Å². The van der Waals surface area contributed by atoms with Crippen LogP contribution in [0.2, 0.25) is 4.34 Å². The molecule has 0 aromatic carbocycles. The number of pyridine rings is 1. The largest absolute Gasteiger partial charge is 0.351 e. The topological polar surface area (TPSA) is 101 Å². The summed E-state index contributed by atoms with van der Waals surface area (Å²) in [5, 5.41) is 3.52. The summed E-state index contributed by atoms with van der Waals surface area (Å²) in [6, 6.07) is 5.27. The van der Waals surface area contributed by atoms with Crippen molar-refractivity contribution in [2.24, 2.45) is 0 Å². The molecule has 0 radical (unpaired) electrons. The van der Waals surface area contributed by atoms with E-state index in [1.807, 2.05) is 6.92 Å². The van der Waals surface area contributed by atoms with E-state index in [4.69, 9.17) is 11.6 Å². The number of carbonyl (C=O) groups excluding carboxylic acids is 1. The van der Waals surface area contributed by atoms with E-state index in [0.717, 1.165) is 10.7 Å².